The molecular formula is C7H9N3O2S. The Kier molecular flexibility index (Phi) is 2.97. The fourth-order valence-electron chi connectivity index (χ4n) is 0.682. The van der Waals surface area contributed by atoms with Gasteiger partial charge in [-0.25, -0.2) is 0 Å². The molecule has 0 bridgehead atoms. The van der Waals surface area contributed by atoms with Gasteiger partial charge < -0.3 is 5.01 Å². The lowest BCUT2D eigenvalue weighted by atomic mass is 10.5. The quantitative estimate of drug-likeness (QED) is 0.421. The van der Waals surface area contributed by atoms with Crippen molar-refractivity contribution in [1.82, 2.24) is 5.01 Å². The van der Waals surface area contributed by atoms with Crippen molar-refractivity contribution in [1.29, 1.82) is 0 Å². The number of nitro groups is 1. The van der Waals surface area contributed by atoms with Gasteiger partial charge in [-0.2, -0.15) is 5.10 Å². The number of thiophene rings is 1. The second-order valence-corrected chi connectivity index (χ2v) is 3.62. The fraction of sp³-hybridized carbons (Fsp3) is 0.286. The number of hydrazone groups is 1. The zero-order chi connectivity index (χ0) is 9.84. The van der Waals surface area contributed by atoms with E-state index in [1.54, 1.807) is 31.4 Å². The predicted molar refractivity (Wildman–Crippen MR) is 52.3 cm³/mol. The zero-order valence-corrected chi connectivity index (χ0v) is 8.11. The van der Waals surface area contributed by atoms with Crippen LogP contribution in [-0.4, -0.2) is 30.2 Å². The first kappa shape index (κ1) is 9.66. The molecule has 0 amide bonds. The Morgan fingerprint density at radius 2 is 2.31 bits per heavy atom. The lowest BCUT2D eigenvalue weighted by Gasteiger charge is -2.00. The van der Waals surface area contributed by atoms with Gasteiger partial charge in [-0.05, 0) is 6.07 Å². The Morgan fingerprint density at radius 3 is 2.77 bits per heavy atom. The first-order chi connectivity index (χ1) is 6.09. The molecule has 0 spiro atoms. The Morgan fingerprint density at radius 1 is 1.62 bits per heavy atom. The van der Waals surface area contributed by atoms with Gasteiger partial charge in [-0.15, -0.1) is 0 Å². The Hall–Kier alpha value is -1.43. The van der Waals surface area contributed by atoms with Gasteiger partial charge in [0.15, 0.2) is 0 Å². The van der Waals surface area contributed by atoms with Gasteiger partial charge >= 0.3 is 5.00 Å². The molecule has 6 heteroatoms. The van der Waals surface area contributed by atoms with Gasteiger partial charge in [0.2, 0.25) is 0 Å². The highest BCUT2D eigenvalue weighted by Gasteiger charge is 2.07. The summed E-state index contributed by atoms with van der Waals surface area (Å²) in [7, 11) is 3.58. The summed E-state index contributed by atoms with van der Waals surface area (Å²) in [6, 6.07) is 3.15. The Bertz CT molecular complexity index is 332. The van der Waals surface area contributed by atoms with Crippen LogP contribution in [0.4, 0.5) is 5.00 Å². The van der Waals surface area contributed by atoms with E-state index >= 15 is 0 Å². The van der Waals surface area contributed by atoms with Crippen molar-refractivity contribution in [3.8, 4) is 0 Å². The number of hydrogen-bond acceptors (Lipinski definition) is 5. The maximum Gasteiger partial charge on any atom is 0.324 e. The van der Waals surface area contributed by atoms with Gasteiger partial charge in [-0.3, -0.25) is 10.1 Å². The fourth-order valence-corrected chi connectivity index (χ4v) is 1.37. The SMILES string of the molecule is CN(C)/N=C\c1ccc([N+](=O)[O-])s1. The Labute approximate surface area is 79.4 Å². The molecule has 0 unspecified atom stereocenters. The molecule has 1 aromatic rings. The molecule has 1 rings (SSSR count). The Balaban J connectivity index is 2.75. The summed E-state index contributed by atoms with van der Waals surface area (Å²) in [6.07, 6.45) is 1.59. The van der Waals surface area contributed by atoms with E-state index in [1.165, 1.54) is 6.07 Å². The molecule has 1 heterocycles. The predicted octanol–water partition coefficient (Wildman–Crippen LogP) is 1.55. The molecule has 70 valence electrons. The first-order valence-corrected chi connectivity index (χ1v) is 4.37. The van der Waals surface area contributed by atoms with Crippen LogP contribution in [0.5, 0.6) is 0 Å². The van der Waals surface area contributed by atoms with Crippen molar-refractivity contribution in [2.45, 2.75) is 0 Å². The number of rotatable bonds is 3. The third-order valence-corrected chi connectivity index (χ3v) is 2.18. The molecule has 5 nitrogen and oxygen atoms in total. The highest BCUT2D eigenvalue weighted by Crippen LogP contribution is 2.22. The summed E-state index contributed by atoms with van der Waals surface area (Å²) in [5.74, 6) is 0. The minimum absolute atomic E-state index is 0.139. The number of hydrogen-bond donors (Lipinski definition) is 0. The van der Waals surface area contributed by atoms with Gasteiger partial charge in [-0.1, -0.05) is 11.3 Å². The average molecular weight is 199 g/mol. The monoisotopic (exact) mass is 199 g/mol. The minimum atomic E-state index is -0.405. The smallest absolute Gasteiger partial charge is 0.303 e. The highest BCUT2D eigenvalue weighted by molar-refractivity contribution is 7.16. The van der Waals surface area contributed by atoms with Crippen molar-refractivity contribution < 1.29 is 4.92 Å². The summed E-state index contributed by atoms with van der Waals surface area (Å²) < 4.78 is 0. The van der Waals surface area contributed by atoms with Crippen molar-refractivity contribution >= 4 is 22.6 Å². The maximum absolute atomic E-state index is 10.3. The lowest BCUT2D eigenvalue weighted by Crippen LogP contribution is -2.01. The third kappa shape index (κ3) is 2.83. The summed E-state index contributed by atoms with van der Waals surface area (Å²) in [5, 5.41) is 16.0. The zero-order valence-electron chi connectivity index (χ0n) is 7.30. The molecule has 1 aromatic heterocycles. The molecule has 0 fully saturated rings. The topological polar surface area (TPSA) is 58.7 Å². The van der Waals surface area contributed by atoms with E-state index in [0.29, 0.717) is 0 Å². The van der Waals surface area contributed by atoms with E-state index in [9.17, 15) is 10.1 Å². The molecule has 0 atom stereocenters. The summed E-state index contributed by atoms with van der Waals surface area (Å²) >= 11 is 1.11. The van der Waals surface area contributed by atoms with E-state index in [-0.39, 0.29) is 5.00 Å². The molecule has 13 heavy (non-hydrogen) atoms. The van der Waals surface area contributed by atoms with E-state index in [4.69, 9.17) is 0 Å². The van der Waals surface area contributed by atoms with Gasteiger partial charge in [0, 0.05) is 20.2 Å². The molecule has 0 aliphatic rings. The van der Waals surface area contributed by atoms with E-state index < -0.39 is 4.92 Å². The van der Waals surface area contributed by atoms with Crippen LogP contribution in [0.25, 0.3) is 0 Å². The molecular weight excluding hydrogens is 190 g/mol. The highest BCUT2D eigenvalue weighted by atomic mass is 32.1. The van der Waals surface area contributed by atoms with Crippen molar-refractivity contribution in [2.75, 3.05) is 14.1 Å². The normalized spacial score (nSPS) is 10.6. The van der Waals surface area contributed by atoms with Crippen LogP contribution < -0.4 is 0 Å². The molecule has 0 saturated heterocycles. The minimum Gasteiger partial charge on any atom is -0.303 e. The first-order valence-electron chi connectivity index (χ1n) is 3.55. The number of nitrogens with zero attached hydrogens (tertiary/aromatic N) is 3. The van der Waals surface area contributed by atoms with Crippen LogP contribution in [0.1, 0.15) is 4.88 Å². The van der Waals surface area contributed by atoms with Crippen molar-refractivity contribution in [2.24, 2.45) is 5.10 Å². The second kappa shape index (κ2) is 3.99. The van der Waals surface area contributed by atoms with Crippen LogP contribution in [-0.2, 0) is 0 Å². The van der Waals surface area contributed by atoms with Crippen molar-refractivity contribution in [3.05, 3.63) is 27.1 Å². The largest absolute Gasteiger partial charge is 0.324 e. The molecule has 0 aromatic carbocycles. The standard InChI is InChI=1S/C7H9N3O2S/c1-9(2)8-5-6-3-4-7(13-6)10(11)12/h3-5H,1-2H3/b8-5-. The van der Waals surface area contributed by atoms with Crippen LogP contribution in [0.2, 0.25) is 0 Å². The van der Waals surface area contributed by atoms with Gasteiger partial charge in [0.25, 0.3) is 0 Å². The van der Waals surface area contributed by atoms with Crippen LogP contribution in [0.15, 0.2) is 17.2 Å². The van der Waals surface area contributed by atoms with Crippen LogP contribution >= 0.6 is 11.3 Å². The van der Waals surface area contributed by atoms with E-state index in [1.807, 2.05) is 0 Å². The molecule has 0 N–H and O–H groups in total. The summed E-state index contributed by atoms with van der Waals surface area (Å²) in [5.41, 5.74) is 0. The van der Waals surface area contributed by atoms with E-state index in [0.717, 1.165) is 16.2 Å². The molecule has 0 saturated carbocycles. The van der Waals surface area contributed by atoms with Crippen LogP contribution in [0, 0.1) is 10.1 Å². The average Bonchev–Trinajstić information content (AvgIpc) is 2.48. The third-order valence-electron chi connectivity index (χ3n) is 1.21. The van der Waals surface area contributed by atoms with Crippen LogP contribution in [0.3, 0.4) is 0 Å². The van der Waals surface area contributed by atoms with Gasteiger partial charge in [0.1, 0.15) is 0 Å². The second-order valence-electron chi connectivity index (χ2n) is 2.52. The summed E-state index contributed by atoms with van der Waals surface area (Å²) in [6.45, 7) is 0. The van der Waals surface area contributed by atoms with E-state index in [2.05, 4.69) is 5.10 Å². The lowest BCUT2D eigenvalue weighted by molar-refractivity contribution is -0.380. The summed E-state index contributed by atoms with van der Waals surface area (Å²) in [4.78, 5) is 10.7. The molecule has 0 radical (unpaired) electrons. The molecule has 0 aliphatic carbocycles. The van der Waals surface area contributed by atoms with Crippen molar-refractivity contribution in [3.63, 3.8) is 0 Å². The maximum atomic E-state index is 10.3. The van der Waals surface area contributed by atoms with Gasteiger partial charge in [0.05, 0.1) is 16.0 Å². The molecule has 0 aliphatic heterocycles.